The molecule has 6 nitrogen and oxygen atoms in total. The van der Waals surface area contributed by atoms with Gasteiger partial charge < -0.3 is 9.47 Å². The van der Waals surface area contributed by atoms with Gasteiger partial charge in [-0.15, -0.1) is 0 Å². The van der Waals surface area contributed by atoms with Crippen LogP contribution >= 0.6 is 0 Å². The summed E-state index contributed by atoms with van der Waals surface area (Å²) in [7, 11) is 1.36. The minimum absolute atomic E-state index is 0.0422. The monoisotopic (exact) mass is 225 g/mol. The van der Waals surface area contributed by atoms with Gasteiger partial charge in [0.1, 0.15) is 6.29 Å². The molecule has 6 heteroatoms. The summed E-state index contributed by atoms with van der Waals surface area (Å²) < 4.78 is 10.1. The van der Waals surface area contributed by atoms with E-state index in [0.717, 1.165) is 6.07 Å². The lowest BCUT2D eigenvalue weighted by atomic mass is 10.2. The van der Waals surface area contributed by atoms with Gasteiger partial charge in [-0.05, 0) is 13.0 Å². The number of ether oxygens (including phenoxy) is 2. The molecule has 0 spiro atoms. The van der Waals surface area contributed by atoms with Crippen LogP contribution in [0.4, 0.5) is 5.69 Å². The lowest BCUT2D eigenvalue weighted by Gasteiger charge is -2.09. The van der Waals surface area contributed by atoms with E-state index in [2.05, 4.69) is 0 Å². The maximum Gasteiger partial charge on any atom is 0.315 e. The molecule has 16 heavy (non-hydrogen) atoms. The molecule has 86 valence electrons. The predicted octanol–water partition coefficient (Wildman–Crippen LogP) is 1.81. The van der Waals surface area contributed by atoms with Crippen molar-refractivity contribution in [2.24, 2.45) is 0 Å². The highest BCUT2D eigenvalue weighted by atomic mass is 16.6. The fraction of sp³-hybridized carbons (Fsp3) is 0.300. The van der Waals surface area contributed by atoms with Gasteiger partial charge in [-0.1, -0.05) is 0 Å². The van der Waals surface area contributed by atoms with Crippen molar-refractivity contribution < 1.29 is 19.2 Å². The number of hydrogen-bond acceptors (Lipinski definition) is 5. The van der Waals surface area contributed by atoms with E-state index < -0.39 is 4.92 Å². The smallest absolute Gasteiger partial charge is 0.315 e. The Hall–Kier alpha value is -2.11. The SMILES string of the molecule is CCOc1c(OC)cc(C=O)cc1[N+](=O)[O-]. The number of aldehydes is 1. The second-order valence-electron chi connectivity index (χ2n) is 2.88. The van der Waals surface area contributed by atoms with Crippen molar-refractivity contribution in [2.45, 2.75) is 6.92 Å². The molecule has 0 fully saturated rings. The molecular formula is C10H11NO5. The van der Waals surface area contributed by atoms with Crippen LogP contribution in [0.25, 0.3) is 0 Å². The van der Waals surface area contributed by atoms with Gasteiger partial charge in [-0.25, -0.2) is 0 Å². The van der Waals surface area contributed by atoms with E-state index in [1.807, 2.05) is 0 Å². The number of methoxy groups -OCH3 is 1. The molecule has 0 aliphatic carbocycles. The van der Waals surface area contributed by atoms with Crippen LogP contribution in [-0.4, -0.2) is 24.9 Å². The molecule has 0 bridgehead atoms. The van der Waals surface area contributed by atoms with Gasteiger partial charge in [0.15, 0.2) is 5.75 Å². The van der Waals surface area contributed by atoms with E-state index in [-0.39, 0.29) is 29.4 Å². The third-order valence-corrected chi connectivity index (χ3v) is 1.90. The molecule has 0 atom stereocenters. The highest BCUT2D eigenvalue weighted by Gasteiger charge is 2.21. The number of hydrogen-bond donors (Lipinski definition) is 0. The highest BCUT2D eigenvalue weighted by molar-refractivity contribution is 5.79. The molecule has 0 saturated heterocycles. The first-order valence-corrected chi connectivity index (χ1v) is 4.58. The van der Waals surface area contributed by atoms with Crippen molar-refractivity contribution in [1.82, 2.24) is 0 Å². The van der Waals surface area contributed by atoms with E-state index in [4.69, 9.17) is 9.47 Å². The van der Waals surface area contributed by atoms with E-state index in [1.54, 1.807) is 6.92 Å². The first-order valence-electron chi connectivity index (χ1n) is 4.58. The molecule has 0 amide bonds. The van der Waals surface area contributed by atoms with Crippen molar-refractivity contribution in [2.75, 3.05) is 13.7 Å². The van der Waals surface area contributed by atoms with Gasteiger partial charge in [-0.2, -0.15) is 0 Å². The molecule has 0 saturated carbocycles. The number of carbonyl (C=O) groups excluding carboxylic acids is 1. The largest absolute Gasteiger partial charge is 0.493 e. The average Bonchev–Trinajstić information content (AvgIpc) is 2.29. The van der Waals surface area contributed by atoms with Crippen LogP contribution < -0.4 is 9.47 Å². The Morgan fingerprint density at radius 2 is 2.19 bits per heavy atom. The minimum Gasteiger partial charge on any atom is -0.493 e. The summed E-state index contributed by atoms with van der Waals surface area (Å²) in [5, 5.41) is 10.8. The molecule has 0 aliphatic heterocycles. The lowest BCUT2D eigenvalue weighted by molar-refractivity contribution is -0.385. The van der Waals surface area contributed by atoms with Crippen LogP contribution in [0.1, 0.15) is 17.3 Å². The van der Waals surface area contributed by atoms with E-state index in [1.165, 1.54) is 13.2 Å². The Bertz CT molecular complexity index is 416. The first kappa shape index (κ1) is 12.0. The lowest BCUT2D eigenvalue weighted by Crippen LogP contribution is -2.01. The van der Waals surface area contributed by atoms with Crippen LogP contribution in [0.3, 0.4) is 0 Å². The van der Waals surface area contributed by atoms with Gasteiger partial charge in [-0.3, -0.25) is 14.9 Å². The van der Waals surface area contributed by atoms with Gasteiger partial charge in [0, 0.05) is 11.6 Å². The van der Waals surface area contributed by atoms with Crippen molar-refractivity contribution in [3.05, 3.63) is 27.8 Å². The summed E-state index contributed by atoms with van der Waals surface area (Å²) in [5.41, 5.74) is -0.102. The van der Waals surface area contributed by atoms with Crippen LogP contribution in [0.15, 0.2) is 12.1 Å². The molecule has 0 N–H and O–H groups in total. The second kappa shape index (κ2) is 5.11. The Kier molecular flexibility index (Phi) is 3.82. The minimum atomic E-state index is -0.611. The summed E-state index contributed by atoms with van der Waals surface area (Å²) >= 11 is 0. The third-order valence-electron chi connectivity index (χ3n) is 1.90. The molecule has 0 unspecified atom stereocenters. The first-order chi connectivity index (χ1) is 7.63. The average molecular weight is 225 g/mol. The highest BCUT2D eigenvalue weighted by Crippen LogP contribution is 2.37. The standard InChI is InChI=1S/C10H11NO5/c1-3-16-10-8(11(13)14)4-7(6-12)5-9(10)15-2/h4-6H,3H2,1-2H3. The Labute approximate surface area is 91.9 Å². The number of benzene rings is 1. The van der Waals surface area contributed by atoms with Crippen LogP contribution in [0.2, 0.25) is 0 Å². The van der Waals surface area contributed by atoms with Crippen molar-refractivity contribution in [3.63, 3.8) is 0 Å². The molecule has 1 aromatic carbocycles. The van der Waals surface area contributed by atoms with Crippen LogP contribution in [0.5, 0.6) is 11.5 Å². The summed E-state index contributed by atoms with van der Waals surface area (Å²) in [4.78, 5) is 20.8. The topological polar surface area (TPSA) is 78.7 Å². The van der Waals surface area contributed by atoms with E-state index >= 15 is 0 Å². The van der Waals surface area contributed by atoms with Gasteiger partial charge in [0.05, 0.1) is 18.6 Å². The molecule has 0 aromatic heterocycles. The fourth-order valence-electron chi connectivity index (χ4n) is 1.25. The predicted molar refractivity (Wildman–Crippen MR) is 56.2 cm³/mol. The molecule has 1 aromatic rings. The zero-order chi connectivity index (χ0) is 12.1. The quantitative estimate of drug-likeness (QED) is 0.433. The number of nitrogens with zero attached hydrogens (tertiary/aromatic N) is 1. The Balaban J connectivity index is 3.40. The van der Waals surface area contributed by atoms with Gasteiger partial charge in [0.2, 0.25) is 5.75 Å². The summed E-state index contributed by atoms with van der Waals surface area (Å²) in [6.45, 7) is 1.98. The number of nitro groups is 1. The van der Waals surface area contributed by atoms with Crippen molar-refractivity contribution in [3.8, 4) is 11.5 Å². The molecular weight excluding hydrogens is 214 g/mol. The zero-order valence-electron chi connectivity index (χ0n) is 8.93. The Morgan fingerprint density at radius 3 is 2.62 bits per heavy atom. The summed E-state index contributed by atoms with van der Waals surface area (Å²) in [6, 6.07) is 2.55. The third kappa shape index (κ3) is 2.28. The van der Waals surface area contributed by atoms with Crippen molar-refractivity contribution in [1.29, 1.82) is 0 Å². The summed E-state index contributed by atoms with van der Waals surface area (Å²) in [5.74, 6) is 0.221. The number of rotatable bonds is 5. The normalized spacial score (nSPS) is 9.62. The Morgan fingerprint density at radius 1 is 1.50 bits per heavy atom. The van der Waals surface area contributed by atoms with Crippen LogP contribution in [-0.2, 0) is 0 Å². The maximum atomic E-state index is 10.8. The van der Waals surface area contributed by atoms with Gasteiger partial charge >= 0.3 is 5.69 Å². The van der Waals surface area contributed by atoms with E-state index in [0.29, 0.717) is 6.29 Å². The van der Waals surface area contributed by atoms with Crippen LogP contribution in [0, 0.1) is 10.1 Å². The molecule has 0 aliphatic rings. The van der Waals surface area contributed by atoms with E-state index in [9.17, 15) is 14.9 Å². The number of nitro benzene ring substituents is 1. The summed E-state index contributed by atoms with van der Waals surface area (Å²) in [6.07, 6.45) is 0.519. The maximum absolute atomic E-state index is 10.8. The number of carbonyl (C=O) groups is 1. The fourth-order valence-corrected chi connectivity index (χ4v) is 1.25. The zero-order valence-corrected chi connectivity index (χ0v) is 8.93. The molecule has 0 heterocycles. The van der Waals surface area contributed by atoms with Gasteiger partial charge in [0.25, 0.3) is 0 Å². The molecule has 1 rings (SSSR count). The second-order valence-corrected chi connectivity index (χ2v) is 2.88. The molecule has 0 radical (unpaired) electrons. The van der Waals surface area contributed by atoms with Crippen molar-refractivity contribution >= 4 is 12.0 Å².